The lowest BCUT2D eigenvalue weighted by Crippen LogP contribution is -2.45. The average Bonchev–Trinajstić information content (AvgIpc) is 2.95. The monoisotopic (exact) mass is 623 g/mol. The molecule has 0 bridgehead atoms. The molecule has 12 heteroatoms. The Morgan fingerprint density at radius 2 is 2.00 bits per heavy atom. The molecule has 0 atom stereocenters. The third-order valence-electron chi connectivity index (χ3n) is 6.65. The fourth-order valence-corrected chi connectivity index (χ4v) is 6.41. The van der Waals surface area contributed by atoms with Crippen LogP contribution in [0.15, 0.2) is 93.4 Å². The lowest BCUT2D eigenvalue weighted by molar-refractivity contribution is -0.137. The molecule has 0 spiro atoms. The van der Waals surface area contributed by atoms with Crippen LogP contribution in [0.2, 0.25) is 0 Å². The summed E-state index contributed by atoms with van der Waals surface area (Å²) in [7, 11) is -4.06. The fourth-order valence-electron chi connectivity index (χ4n) is 4.58. The average molecular weight is 625 g/mol. The van der Waals surface area contributed by atoms with Gasteiger partial charge in [0.25, 0.3) is 0 Å². The molecule has 2 aromatic rings. The summed E-state index contributed by atoms with van der Waals surface area (Å²) >= 11 is 3.57. The van der Waals surface area contributed by atoms with E-state index in [9.17, 15) is 21.6 Å². The Morgan fingerprint density at radius 1 is 1.26 bits per heavy atom. The summed E-state index contributed by atoms with van der Waals surface area (Å²) < 4.78 is 67.8. The molecule has 3 heterocycles. The highest BCUT2D eigenvalue weighted by atomic mass is 79.9. The maximum Gasteiger partial charge on any atom is 0.416 e. The van der Waals surface area contributed by atoms with E-state index in [1.54, 1.807) is 18.5 Å². The van der Waals surface area contributed by atoms with Crippen LogP contribution in [0.3, 0.4) is 0 Å². The number of likely N-dealkylation sites (N-methyl/N-ethyl adjacent to an activating group) is 1. The number of benzene rings is 1. The number of alkyl halides is 3. The number of aromatic nitrogens is 1. The predicted molar refractivity (Wildman–Crippen MR) is 148 cm³/mol. The first-order valence-electron chi connectivity index (χ1n) is 12.4. The maximum absolute atomic E-state index is 13.2. The van der Waals surface area contributed by atoms with E-state index in [1.807, 2.05) is 30.0 Å². The van der Waals surface area contributed by atoms with Gasteiger partial charge in [0.2, 0.25) is 10.0 Å². The third-order valence-corrected chi connectivity index (χ3v) is 9.25. The van der Waals surface area contributed by atoms with Crippen LogP contribution in [0.4, 0.5) is 13.2 Å². The van der Waals surface area contributed by atoms with E-state index in [-0.39, 0.29) is 23.9 Å². The number of rotatable bonds is 7. The number of amidine groups is 1. The quantitative estimate of drug-likeness (QED) is 0.431. The Bertz CT molecular complexity index is 1400. The largest absolute Gasteiger partial charge is 0.416 e. The minimum atomic E-state index is -4.62. The van der Waals surface area contributed by atoms with Gasteiger partial charge in [-0.3, -0.25) is 9.98 Å². The number of sulfonamides is 1. The van der Waals surface area contributed by atoms with Crippen LogP contribution in [0.25, 0.3) is 0 Å². The highest BCUT2D eigenvalue weighted by Crippen LogP contribution is 2.34. The summed E-state index contributed by atoms with van der Waals surface area (Å²) in [5, 5.41) is 3.47. The van der Waals surface area contributed by atoms with Crippen LogP contribution in [-0.2, 0) is 22.7 Å². The minimum absolute atomic E-state index is 0.000623. The summed E-state index contributed by atoms with van der Waals surface area (Å²) in [4.78, 5) is 10.7. The van der Waals surface area contributed by atoms with Crippen LogP contribution >= 0.6 is 15.9 Å². The molecule has 2 aliphatic heterocycles. The molecule has 208 valence electrons. The van der Waals surface area contributed by atoms with Gasteiger partial charge < -0.3 is 10.2 Å². The molecule has 4 rings (SSSR count). The Morgan fingerprint density at radius 3 is 2.62 bits per heavy atom. The van der Waals surface area contributed by atoms with Gasteiger partial charge in [-0.2, -0.15) is 17.5 Å². The highest BCUT2D eigenvalue weighted by Gasteiger charge is 2.35. The van der Waals surface area contributed by atoms with Crippen molar-refractivity contribution < 1.29 is 21.6 Å². The second-order valence-electron chi connectivity index (χ2n) is 9.11. The normalized spacial score (nSPS) is 20.0. The Labute approximate surface area is 235 Å². The van der Waals surface area contributed by atoms with Crippen LogP contribution in [-0.4, -0.2) is 48.1 Å². The summed E-state index contributed by atoms with van der Waals surface area (Å²) in [5.74, 6) is 1.54. The zero-order valence-electron chi connectivity index (χ0n) is 21.3. The van der Waals surface area contributed by atoms with Crippen molar-refractivity contribution in [2.45, 2.75) is 37.4 Å². The summed E-state index contributed by atoms with van der Waals surface area (Å²) in [6.45, 7) is 7.34. The van der Waals surface area contributed by atoms with Crippen molar-refractivity contribution in [2.75, 3.05) is 19.6 Å². The molecule has 0 amide bonds. The zero-order valence-corrected chi connectivity index (χ0v) is 23.7. The molecule has 1 N–H and O–H groups in total. The van der Waals surface area contributed by atoms with Crippen LogP contribution in [0, 0.1) is 5.92 Å². The molecule has 0 aliphatic carbocycles. The van der Waals surface area contributed by atoms with Gasteiger partial charge in [0.15, 0.2) is 0 Å². The topological polar surface area (TPSA) is 77.9 Å². The van der Waals surface area contributed by atoms with Gasteiger partial charge in [-0.15, -0.1) is 0 Å². The Kier molecular flexibility index (Phi) is 8.97. The van der Waals surface area contributed by atoms with E-state index in [0.717, 1.165) is 39.5 Å². The molecule has 39 heavy (non-hydrogen) atoms. The second kappa shape index (κ2) is 12.1. The molecule has 7 nitrogen and oxygen atoms in total. The molecule has 2 aliphatic rings. The van der Waals surface area contributed by atoms with Gasteiger partial charge in [0.05, 0.1) is 21.5 Å². The van der Waals surface area contributed by atoms with E-state index in [0.29, 0.717) is 32.0 Å². The molecular weight excluding hydrogens is 595 g/mol. The van der Waals surface area contributed by atoms with Crippen LogP contribution < -0.4 is 5.32 Å². The Hall–Kier alpha value is -2.96. The fraction of sp³-hybridized carbons (Fsp3) is 0.333. The number of hydrogen-bond acceptors (Lipinski definition) is 5. The van der Waals surface area contributed by atoms with E-state index < -0.39 is 21.8 Å². The van der Waals surface area contributed by atoms with Crippen LogP contribution in [0.5, 0.6) is 0 Å². The smallest absolute Gasteiger partial charge is 0.344 e. The molecule has 1 aromatic heterocycles. The third kappa shape index (κ3) is 6.62. The van der Waals surface area contributed by atoms with Crippen molar-refractivity contribution in [3.8, 4) is 0 Å². The molecule has 0 radical (unpaired) electrons. The Balaban J connectivity index is 1.56. The first kappa shape index (κ1) is 29.0. The lowest BCUT2D eigenvalue weighted by atomic mass is 9.93. The lowest BCUT2D eigenvalue weighted by Gasteiger charge is -2.38. The molecule has 1 aromatic carbocycles. The molecule has 0 saturated carbocycles. The standard InChI is InChI=1S/C27H29BrF3N5O2S/c1-3-23(28)26-34-24(16-25(36(26)4-2)33-18-19-7-6-12-32-17-19)20-10-13-35(14-11-20)39(37,38)22-9-5-8-21(15-22)27(29,30)31/h3,5-9,12,15-17,20,34H,1,4,10-11,13-14,18H2,2H3/b26-23+,33-25?. The van der Waals surface area contributed by atoms with Gasteiger partial charge in [-0.1, -0.05) is 24.8 Å². The summed E-state index contributed by atoms with van der Waals surface area (Å²) in [6, 6.07) is 7.70. The highest BCUT2D eigenvalue weighted by molar-refractivity contribution is 9.11. The number of nitrogens with one attached hydrogen (secondary N) is 1. The summed E-state index contributed by atoms with van der Waals surface area (Å²) in [6.07, 6.45) is 3.52. The van der Waals surface area contributed by atoms with Crippen LogP contribution in [0.1, 0.15) is 30.9 Å². The van der Waals surface area contributed by atoms with E-state index in [1.165, 1.54) is 10.4 Å². The van der Waals surface area contributed by atoms with Crippen molar-refractivity contribution in [1.29, 1.82) is 0 Å². The van der Waals surface area contributed by atoms with Crippen molar-refractivity contribution in [3.05, 3.63) is 94.7 Å². The van der Waals surface area contributed by atoms with Gasteiger partial charge >= 0.3 is 6.18 Å². The number of aliphatic imine (C=N–C) groups is 1. The molecular formula is C27H29BrF3N5O2S. The molecule has 1 fully saturated rings. The number of hydrogen-bond donors (Lipinski definition) is 1. The van der Waals surface area contributed by atoms with Crippen molar-refractivity contribution in [3.63, 3.8) is 0 Å². The first-order valence-corrected chi connectivity index (χ1v) is 14.7. The van der Waals surface area contributed by atoms with Gasteiger partial charge in [0.1, 0.15) is 11.7 Å². The van der Waals surface area contributed by atoms with E-state index >= 15 is 0 Å². The SMILES string of the molecule is C=C/C(Br)=C1/NC(C2CCN(S(=O)(=O)c3cccc(C(F)(F)F)c3)CC2)=CC(=NCc2cccnc2)N1CC. The number of allylic oxidation sites excluding steroid dienone is 3. The number of pyridine rings is 1. The first-order chi connectivity index (χ1) is 18.5. The van der Waals surface area contributed by atoms with Gasteiger partial charge in [-0.05, 0) is 65.5 Å². The zero-order chi connectivity index (χ0) is 28.2. The minimum Gasteiger partial charge on any atom is -0.344 e. The van der Waals surface area contributed by atoms with Crippen molar-refractivity contribution in [2.24, 2.45) is 10.9 Å². The number of nitrogens with zero attached hydrogens (tertiary/aromatic N) is 4. The van der Waals surface area contributed by atoms with Crippen molar-refractivity contribution in [1.82, 2.24) is 19.5 Å². The predicted octanol–water partition coefficient (Wildman–Crippen LogP) is 5.66. The number of piperidine rings is 1. The molecule has 0 unspecified atom stereocenters. The van der Waals surface area contributed by atoms with E-state index in [2.05, 4.69) is 32.8 Å². The number of halogens is 4. The van der Waals surface area contributed by atoms with Gasteiger partial charge in [-0.25, -0.2) is 8.42 Å². The second-order valence-corrected chi connectivity index (χ2v) is 11.9. The van der Waals surface area contributed by atoms with E-state index in [4.69, 9.17) is 4.99 Å². The van der Waals surface area contributed by atoms with Gasteiger partial charge in [0, 0.05) is 49.7 Å². The van der Waals surface area contributed by atoms with Crippen molar-refractivity contribution >= 4 is 31.8 Å². The summed E-state index contributed by atoms with van der Waals surface area (Å²) in [5.41, 5.74) is 0.881. The maximum atomic E-state index is 13.2. The molecule has 1 saturated heterocycles.